The van der Waals surface area contributed by atoms with Gasteiger partial charge in [-0.3, -0.25) is 14.9 Å². The van der Waals surface area contributed by atoms with Gasteiger partial charge in [0.1, 0.15) is 5.41 Å². The topological polar surface area (TPSA) is 46.2 Å². The molecule has 1 saturated heterocycles. The Kier molecular flexibility index (Phi) is 1.83. The Morgan fingerprint density at radius 2 is 1.37 bits per heavy atom. The first kappa shape index (κ1) is 10.5. The number of imide groups is 1. The van der Waals surface area contributed by atoms with Crippen LogP contribution in [0.5, 0.6) is 0 Å². The van der Waals surface area contributed by atoms with Crippen LogP contribution < -0.4 is 5.32 Å². The van der Waals surface area contributed by atoms with Crippen LogP contribution in [0.2, 0.25) is 0 Å². The second kappa shape index (κ2) is 3.32. The van der Waals surface area contributed by atoms with Crippen molar-refractivity contribution in [2.24, 2.45) is 0 Å². The highest BCUT2D eigenvalue weighted by molar-refractivity contribution is 6.14. The number of benzene rings is 2. The van der Waals surface area contributed by atoms with Gasteiger partial charge < -0.3 is 0 Å². The zero-order chi connectivity index (χ0) is 13.0. The minimum Gasteiger partial charge on any atom is -0.295 e. The van der Waals surface area contributed by atoms with Gasteiger partial charge >= 0.3 is 0 Å². The molecular formula is C16H11NO2. The normalized spacial score (nSPS) is 18.3. The Hall–Kier alpha value is -2.42. The van der Waals surface area contributed by atoms with Crippen LogP contribution in [-0.2, 0) is 15.0 Å². The number of rotatable bonds is 0. The molecule has 2 aromatic rings. The quantitative estimate of drug-likeness (QED) is 0.726. The lowest BCUT2D eigenvalue weighted by molar-refractivity contribution is -0.125. The third-order valence-corrected chi connectivity index (χ3v) is 4.13. The fourth-order valence-electron chi connectivity index (χ4n) is 3.36. The maximum atomic E-state index is 12.4. The second-order valence-electron chi connectivity index (χ2n) is 5.05. The number of hydrogen-bond donors (Lipinski definition) is 1. The molecule has 3 nitrogen and oxygen atoms in total. The summed E-state index contributed by atoms with van der Waals surface area (Å²) in [4.78, 5) is 24.1. The summed E-state index contributed by atoms with van der Waals surface area (Å²) in [5.74, 6) is -0.397. The Bertz CT molecular complexity index is 688. The highest BCUT2D eigenvalue weighted by Gasteiger charge is 2.54. The molecule has 4 rings (SSSR count). The van der Waals surface area contributed by atoms with Crippen molar-refractivity contribution in [1.29, 1.82) is 0 Å². The first-order chi connectivity index (χ1) is 9.23. The van der Waals surface area contributed by atoms with Crippen molar-refractivity contribution in [3.63, 3.8) is 0 Å². The van der Waals surface area contributed by atoms with Crippen LogP contribution in [0, 0.1) is 0 Å². The Morgan fingerprint density at radius 1 is 0.842 bits per heavy atom. The molecule has 1 fully saturated rings. The lowest BCUT2D eigenvalue weighted by Crippen LogP contribution is -2.34. The number of nitrogens with one attached hydrogen (secondary N) is 1. The summed E-state index contributed by atoms with van der Waals surface area (Å²) in [7, 11) is 0. The van der Waals surface area contributed by atoms with Crippen molar-refractivity contribution in [2.75, 3.05) is 0 Å². The van der Waals surface area contributed by atoms with Gasteiger partial charge in [-0.1, -0.05) is 48.5 Å². The molecule has 0 aromatic heterocycles. The van der Waals surface area contributed by atoms with Gasteiger partial charge in [0.25, 0.3) is 0 Å². The van der Waals surface area contributed by atoms with Crippen LogP contribution in [-0.4, -0.2) is 11.8 Å². The van der Waals surface area contributed by atoms with Gasteiger partial charge in [-0.05, 0) is 22.3 Å². The zero-order valence-electron chi connectivity index (χ0n) is 10.1. The van der Waals surface area contributed by atoms with E-state index in [1.807, 2.05) is 48.5 Å². The number of carbonyl (C=O) groups is 2. The van der Waals surface area contributed by atoms with E-state index in [0.29, 0.717) is 0 Å². The van der Waals surface area contributed by atoms with Crippen molar-refractivity contribution in [3.05, 3.63) is 59.7 Å². The number of amides is 2. The van der Waals surface area contributed by atoms with Crippen molar-refractivity contribution >= 4 is 11.8 Å². The van der Waals surface area contributed by atoms with Gasteiger partial charge in [-0.15, -0.1) is 0 Å². The fraction of sp³-hybridized carbons (Fsp3) is 0.125. The Labute approximate surface area is 110 Å². The minimum absolute atomic E-state index is 0.198. The average molecular weight is 249 g/mol. The van der Waals surface area contributed by atoms with E-state index in [4.69, 9.17) is 0 Å². The number of hydrogen-bond acceptors (Lipinski definition) is 2. The molecule has 0 bridgehead atoms. The number of carbonyl (C=O) groups excluding carboxylic acids is 2. The SMILES string of the molecule is O=C1CC2(C(=O)N1)c1ccccc1-c1ccccc12. The molecule has 1 aliphatic carbocycles. The third-order valence-electron chi connectivity index (χ3n) is 4.13. The molecule has 0 saturated carbocycles. The van der Waals surface area contributed by atoms with Crippen molar-refractivity contribution in [3.8, 4) is 11.1 Å². The van der Waals surface area contributed by atoms with E-state index in [0.717, 1.165) is 22.3 Å². The molecule has 2 aromatic carbocycles. The molecule has 1 spiro atoms. The Morgan fingerprint density at radius 3 is 1.84 bits per heavy atom. The molecule has 92 valence electrons. The van der Waals surface area contributed by atoms with Crippen molar-refractivity contribution in [1.82, 2.24) is 5.32 Å². The maximum absolute atomic E-state index is 12.4. The van der Waals surface area contributed by atoms with Crippen molar-refractivity contribution in [2.45, 2.75) is 11.8 Å². The van der Waals surface area contributed by atoms with Gasteiger partial charge in [0, 0.05) is 6.42 Å². The van der Waals surface area contributed by atoms with Gasteiger partial charge in [0.15, 0.2) is 0 Å². The molecule has 19 heavy (non-hydrogen) atoms. The van der Waals surface area contributed by atoms with E-state index in [2.05, 4.69) is 5.32 Å². The monoisotopic (exact) mass is 249 g/mol. The number of fused-ring (bicyclic) bond motifs is 5. The van der Waals surface area contributed by atoms with E-state index in [1.54, 1.807) is 0 Å². The van der Waals surface area contributed by atoms with Crippen LogP contribution in [0.4, 0.5) is 0 Å². The largest absolute Gasteiger partial charge is 0.295 e. The molecule has 0 atom stereocenters. The van der Waals surface area contributed by atoms with Gasteiger partial charge in [-0.25, -0.2) is 0 Å². The van der Waals surface area contributed by atoms with E-state index < -0.39 is 5.41 Å². The van der Waals surface area contributed by atoms with Crippen LogP contribution in [0.25, 0.3) is 11.1 Å². The third kappa shape index (κ3) is 1.12. The highest BCUT2D eigenvalue weighted by atomic mass is 16.2. The standard InChI is InChI=1S/C16H11NO2/c18-14-9-16(15(19)17-14)12-7-3-1-5-10(12)11-6-2-4-8-13(11)16/h1-8H,9H2,(H,17,18,19). The first-order valence-corrected chi connectivity index (χ1v) is 6.27. The van der Waals surface area contributed by atoms with Crippen LogP contribution in [0.15, 0.2) is 48.5 Å². The van der Waals surface area contributed by atoms with Gasteiger partial charge in [0.05, 0.1) is 0 Å². The summed E-state index contributed by atoms with van der Waals surface area (Å²) in [6.07, 6.45) is 0.208. The van der Waals surface area contributed by atoms with E-state index >= 15 is 0 Å². The molecule has 2 amide bonds. The summed E-state index contributed by atoms with van der Waals surface area (Å²) >= 11 is 0. The van der Waals surface area contributed by atoms with E-state index in [-0.39, 0.29) is 18.2 Å². The minimum atomic E-state index is -0.815. The average Bonchev–Trinajstić information content (AvgIpc) is 2.89. The van der Waals surface area contributed by atoms with Crippen molar-refractivity contribution < 1.29 is 9.59 Å². The molecule has 1 N–H and O–H groups in total. The molecule has 1 heterocycles. The molecule has 0 radical (unpaired) electrons. The Balaban J connectivity index is 2.13. The van der Waals surface area contributed by atoms with Gasteiger partial charge in [0.2, 0.25) is 11.8 Å². The maximum Gasteiger partial charge on any atom is 0.242 e. The highest BCUT2D eigenvalue weighted by Crippen LogP contribution is 2.52. The predicted molar refractivity (Wildman–Crippen MR) is 70.4 cm³/mol. The molecule has 3 heteroatoms. The molecule has 0 unspecified atom stereocenters. The molecule has 1 aliphatic heterocycles. The fourth-order valence-corrected chi connectivity index (χ4v) is 3.36. The van der Waals surface area contributed by atoms with Crippen LogP contribution in [0.3, 0.4) is 0 Å². The smallest absolute Gasteiger partial charge is 0.242 e. The molecule has 2 aliphatic rings. The summed E-state index contributed by atoms with van der Waals surface area (Å²) in [6, 6.07) is 15.7. The summed E-state index contributed by atoms with van der Waals surface area (Å²) < 4.78 is 0. The van der Waals surface area contributed by atoms with E-state index in [1.165, 1.54) is 0 Å². The second-order valence-corrected chi connectivity index (χ2v) is 5.05. The zero-order valence-corrected chi connectivity index (χ0v) is 10.1. The first-order valence-electron chi connectivity index (χ1n) is 6.27. The lowest BCUT2D eigenvalue weighted by Gasteiger charge is -2.21. The summed E-state index contributed by atoms with van der Waals surface area (Å²) in [5, 5.41) is 2.45. The van der Waals surface area contributed by atoms with Crippen LogP contribution in [0.1, 0.15) is 17.5 Å². The molecular weight excluding hydrogens is 238 g/mol. The van der Waals surface area contributed by atoms with Gasteiger partial charge in [-0.2, -0.15) is 0 Å². The van der Waals surface area contributed by atoms with Crippen LogP contribution >= 0.6 is 0 Å². The summed E-state index contributed by atoms with van der Waals surface area (Å²) in [6.45, 7) is 0. The predicted octanol–water partition coefficient (Wildman–Crippen LogP) is 2.00. The lowest BCUT2D eigenvalue weighted by atomic mass is 9.77. The summed E-state index contributed by atoms with van der Waals surface area (Å²) in [5.41, 5.74) is 3.19. The van der Waals surface area contributed by atoms with E-state index in [9.17, 15) is 9.59 Å².